The monoisotopic (exact) mass is 334 g/mol. The van der Waals surface area contributed by atoms with Gasteiger partial charge in [-0.25, -0.2) is 4.83 Å². The number of aryl methyl sites for hydroxylation is 2. The highest BCUT2D eigenvalue weighted by atomic mass is 32.2. The van der Waals surface area contributed by atoms with E-state index in [0.717, 1.165) is 5.56 Å². The average molecular weight is 334 g/mol. The molecule has 122 valence electrons. The molecule has 0 aliphatic heterocycles. The Balaban J connectivity index is 2.18. The molecule has 2 N–H and O–H groups in total. The van der Waals surface area contributed by atoms with Gasteiger partial charge in [0.25, 0.3) is 10.0 Å². The number of phenolic OH excluding ortho intramolecular Hbond substituents is 1. The molecule has 0 atom stereocenters. The van der Waals surface area contributed by atoms with Crippen LogP contribution in [0, 0.1) is 13.8 Å². The van der Waals surface area contributed by atoms with E-state index < -0.39 is 10.0 Å². The molecule has 0 amide bonds. The number of nitrogens with one attached hydrogen (secondary N) is 1. The van der Waals surface area contributed by atoms with Crippen LogP contribution in [0.2, 0.25) is 0 Å². The number of sulfonamides is 1. The minimum absolute atomic E-state index is 0.000473. The van der Waals surface area contributed by atoms with Crippen molar-refractivity contribution in [3.8, 4) is 11.5 Å². The van der Waals surface area contributed by atoms with Crippen LogP contribution in [0.4, 0.5) is 0 Å². The molecule has 0 aliphatic rings. The van der Waals surface area contributed by atoms with Crippen LogP contribution in [0.25, 0.3) is 0 Å². The third-order valence-corrected chi connectivity index (χ3v) is 4.59. The molecule has 2 aromatic carbocycles. The molecule has 0 spiro atoms. The maximum absolute atomic E-state index is 12.2. The number of hydrogen-bond donors (Lipinski definition) is 2. The van der Waals surface area contributed by atoms with Crippen molar-refractivity contribution in [1.82, 2.24) is 4.83 Å². The summed E-state index contributed by atoms with van der Waals surface area (Å²) in [6, 6.07) is 9.65. The topological polar surface area (TPSA) is 88.0 Å². The number of aromatic hydroxyl groups is 1. The van der Waals surface area contributed by atoms with E-state index in [-0.39, 0.29) is 16.4 Å². The van der Waals surface area contributed by atoms with Crippen LogP contribution in [-0.2, 0) is 10.0 Å². The Hall–Kier alpha value is -2.54. The fraction of sp³-hybridized carbons (Fsp3) is 0.188. The molecular weight excluding hydrogens is 316 g/mol. The van der Waals surface area contributed by atoms with Crippen molar-refractivity contribution in [2.24, 2.45) is 5.10 Å². The smallest absolute Gasteiger partial charge is 0.276 e. The molecule has 0 saturated carbocycles. The van der Waals surface area contributed by atoms with Crippen molar-refractivity contribution >= 4 is 16.2 Å². The normalized spacial score (nSPS) is 11.6. The molecule has 0 radical (unpaired) electrons. The van der Waals surface area contributed by atoms with Crippen LogP contribution in [0.15, 0.2) is 46.4 Å². The first kappa shape index (κ1) is 16.8. The van der Waals surface area contributed by atoms with E-state index in [2.05, 4.69) is 9.93 Å². The number of phenols is 1. The summed E-state index contributed by atoms with van der Waals surface area (Å²) in [6.45, 7) is 3.63. The van der Waals surface area contributed by atoms with Gasteiger partial charge in [0.15, 0.2) is 11.5 Å². The van der Waals surface area contributed by atoms with Gasteiger partial charge < -0.3 is 9.84 Å². The molecule has 2 aromatic rings. The standard InChI is InChI=1S/C16H18N2O4S/c1-11-4-7-16(12(2)8-11)23(20,21)18-17-10-13-5-6-14(19)15(9-13)22-3/h4-10,18-19H,1-3H3/b17-10+. The molecule has 23 heavy (non-hydrogen) atoms. The molecule has 7 heteroatoms. The molecule has 0 aliphatic carbocycles. The molecule has 0 bridgehead atoms. The van der Waals surface area contributed by atoms with Crippen LogP contribution < -0.4 is 9.57 Å². The second-order valence-electron chi connectivity index (χ2n) is 5.05. The Morgan fingerprint density at radius 3 is 2.57 bits per heavy atom. The second kappa shape index (κ2) is 6.70. The zero-order valence-electron chi connectivity index (χ0n) is 13.1. The van der Waals surface area contributed by atoms with Gasteiger partial charge in [0.05, 0.1) is 18.2 Å². The lowest BCUT2D eigenvalue weighted by Crippen LogP contribution is -2.19. The maximum Gasteiger partial charge on any atom is 0.276 e. The quantitative estimate of drug-likeness (QED) is 0.649. The van der Waals surface area contributed by atoms with E-state index in [4.69, 9.17) is 4.74 Å². The van der Waals surface area contributed by atoms with Gasteiger partial charge in [-0.3, -0.25) is 0 Å². The van der Waals surface area contributed by atoms with Crippen LogP contribution >= 0.6 is 0 Å². The van der Waals surface area contributed by atoms with Crippen LogP contribution in [0.5, 0.6) is 11.5 Å². The number of nitrogens with zero attached hydrogens (tertiary/aromatic N) is 1. The number of hydrazone groups is 1. The third-order valence-electron chi connectivity index (χ3n) is 3.21. The molecule has 0 unspecified atom stereocenters. The summed E-state index contributed by atoms with van der Waals surface area (Å²) in [5.41, 5.74) is 2.23. The Morgan fingerprint density at radius 2 is 1.91 bits per heavy atom. The predicted molar refractivity (Wildman–Crippen MR) is 88.5 cm³/mol. The third kappa shape index (κ3) is 4.01. The van der Waals surface area contributed by atoms with E-state index in [1.165, 1.54) is 19.4 Å². The van der Waals surface area contributed by atoms with E-state index in [1.54, 1.807) is 37.3 Å². The minimum atomic E-state index is -3.73. The Kier molecular flexibility index (Phi) is 4.90. The van der Waals surface area contributed by atoms with E-state index >= 15 is 0 Å². The van der Waals surface area contributed by atoms with Crippen molar-refractivity contribution in [2.45, 2.75) is 18.7 Å². The molecule has 0 aromatic heterocycles. The summed E-state index contributed by atoms with van der Waals surface area (Å²) in [5.74, 6) is 0.284. The lowest BCUT2D eigenvalue weighted by molar-refractivity contribution is 0.373. The number of ether oxygens (including phenoxy) is 1. The molecular formula is C16H18N2O4S. The van der Waals surface area contributed by atoms with Crippen molar-refractivity contribution in [3.05, 3.63) is 53.1 Å². The Bertz CT molecular complexity index is 845. The largest absolute Gasteiger partial charge is 0.504 e. The average Bonchev–Trinajstić information content (AvgIpc) is 2.48. The first-order valence-electron chi connectivity index (χ1n) is 6.82. The fourth-order valence-electron chi connectivity index (χ4n) is 2.09. The molecule has 0 heterocycles. The van der Waals surface area contributed by atoms with Crippen LogP contribution in [0.1, 0.15) is 16.7 Å². The SMILES string of the molecule is COc1cc(/C=N/NS(=O)(=O)c2ccc(C)cc2C)ccc1O. The number of rotatable bonds is 5. The summed E-state index contributed by atoms with van der Waals surface area (Å²) >= 11 is 0. The van der Waals surface area contributed by atoms with Gasteiger partial charge in [0.2, 0.25) is 0 Å². The van der Waals surface area contributed by atoms with E-state index in [9.17, 15) is 13.5 Å². The summed E-state index contributed by atoms with van der Waals surface area (Å²) in [5, 5.41) is 13.3. The number of hydrogen-bond acceptors (Lipinski definition) is 5. The Labute approximate surface area is 135 Å². The highest BCUT2D eigenvalue weighted by molar-refractivity contribution is 7.89. The first-order valence-corrected chi connectivity index (χ1v) is 8.31. The summed E-state index contributed by atoms with van der Waals surface area (Å²) in [4.78, 5) is 2.36. The minimum Gasteiger partial charge on any atom is -0.504 e. The van der Waals surface area contributed by atoms with E-state index in [1.807, 2.05) is 6.92 Å². The molecule has 0 saturated heterocycles. The summed E-state index contributed by atoms with van der Waals surface area (Å²) in [6.07, 6.45) is 1.34. The van der Waals surface area contributed by atoms with Gasteiger partial charge in [0.1, 0.15) is 0 Å². The Morgan fingerprint density at radius 1 is 1.17 bits per heavy atom. The van der Waals surface area contributed by atoms with Crippen molar-refractivity contribution in [1.29, 1.82) is 0 Å². The van der Waals surface area contributed by atoms with Crippen molar-refractivity contribution in [3.63, 3.8) is 0 Å². The van der Waals surface area contributed by atoms with Gasteiger partial charge in [-0.05, 0) is 49.2 Å². The van der Waals surface area contributed by atoms with Gasteiger partial charge in [-0.1, -0.05) is 17.7 Å². The lowest BCUT2D eigenvalue weighted by Gasteiger charge is -2.07. The summed E-state index contributed by atoms with van der Waals surface area (Å²) < 4.78 is 29.5. The molecule has 6 nitrogen and oxygen atoms in total. The first-order chi connectivity index (χ1) is 10.8. The van der Waals surface area contributed by atoms with Gasteiger partial charge in [-0.2, -0.15) is 13.5 Å². The van der Waals surface area contributed by atoms with Crippen LogP contribution in [0.3, 0.4) is 0 Å². The van der Waals surface area contributed by atoms with Gasteiger partial charge in [-0.15, -0.1) is 0 Å². The van der Waals surface area contributed by atoms with Gasteiger partial charge >= 0.3 is 0 Å². The molecule has 0 fully saturated rings. The number of benzene rings is 2. The summed E-state index contributed by atoms with van der Waals surface area (Å²) in [7, 11) is -2.30. The van der Waals surface area contributed by atoms with E-state index in [0.29, 0.717) is 11.1 Å². The zero-order chi connectivity index (χ0) is 17.0. The second-order valence-corrected chi connectivity index (χ2v) is 6.68. The number of methoxy groups -OCH3 is 1. The molecule has 2 rings (SSSR count). The predicted octanol–water partition coefficient (Wildman–Crippen LogP) is 2.33. The zero-order valence-corrected chi connectivity index (χ0v) is 13.9. The fourth-order valence-corrected chi connectivity index (χ4v) is 3.11. The lowest BCUT2D eigenvalue weighted by atomic mass is 10.2. The van der Waals surface area contributed by atoms with Crippen LogP contribution in [-0.4, -0.2) is 26.8 Å². The van der Waals surface area contributed by atoms with Crippen molar-refractivity contribution < 1.29 is 18.3 Å². The highest BCUT2D eigenvalue weighted by Crippen LogP contribution is 2.25. The van der Waals surface area contributed by atoms with Crippen molar-refractivity contribution in [2.75, 3.05) is 7.11 Å². The maximum atomic E-state index is 12.2. The van der Waals surface area contributed by atoms with Gasteiger partial charge in [0, 0.05) is 0 Å². The highest BCUT2D eigenvalue weighted by Gasteiger charge is 2.15.